The molecule has 2 heterocycles. The Kier molecular flexibility index (Phi) is 4.49. The lowest BCUT2D eigenvalue weighted by atomic mass is 10.0. The standard InChI is InChI=1S/C13H12ClN3O3/c14-12-11(8(13(15)19)1-4-17-12)9-7-16-3-2-10(9)20-6-5-18/h1-4,7,18H,5-6H2,(H2,15,19). The monoisotopic (exact) mass is 293 g/mol. The molecule has 6 nitrogen and oxygen atoms in total. The highest BCUT2D eigenvalue weighted by molar-refractivity contribution is 6.33. The van der Waals surface area contributed by atoms with Crippen LogP contribution in [0.2, 0.25) is 5.15 Å². The zero-order chi connectivity index (χ0) is 14.5. The van der Waals surface area contributed by atoms with Gasteiger partial charge in [-0.15, -0.1) is 0 Å². The molecular formula is C13H12ClN3O3. The molecule has 0 saturated heterocycles. The SMILES string of the molecule is NC(=O)c1ccnc(Cl)c1-c1cnccc1OCCO. The third-order valence-corrected chi connectivity index (χ3v) is 2.86. The van der Waals surface area contributed by atoms with E-state index in [9.17, 15) is 4.79 Å². The molecule has 7 heteroatoms. The fourth-order valence-corrected chi connectivity index (χ4v) is 2.01. The Labute approximate surface area is 120 Å². The maximum atomic E-state index is 11.5. The number of ether oxygens (including phenoxy) is 1. The summed E-state index contributed by atoms with van der Waals surface area (Å²) in [6, 6.07) is 3.09. The number of hydrogen-bond acceptors (Lipinski definition) is 5. The topological polar surface area (TPSA) is 98.3 Å². The Hall–Kier alpha value is -2.18. The van der Waals surface area contributed by atoms with Crippen molar-refractivity contribution < 1.29 is 14.6 Å². The lowest BCUT2D eigenvalue weighted by Crippen LogP contribution is -2.13. The summed E-state index contributed by atoms with van der Waals surface area (Å²) in [6.45, 7) is -0.0218. The van der Waals surface area contributed by atoms with Crippen LogP contribution in [-0.2, 0) is 0 Å². The smallest absolute Gasteiger partial charge is 0.249 e. The van der Waals surface area contributed by atoms with Gasteiger partial charge in [0.05, 0.1) is 12.2 Å². The first-order chi connectivity index (χ1) is 9.65. The highest BCUT2D eigenvalue weighted by Crippen LogP contribution is 2.35. The van der Waals surface area contributed by atoms with E-state index in [4.69, 9.17) is 27.2 Å². The Morgan fingerprint density at radius 3 is 2.90 bits per heavy atom. The van der Waals surface area contributed by atoms with E-state index in [-0.39, 0.29) is 23.9 Å². The number of aliphatic hydroxyl groups excluding tert-OH is 1. The van der Waals surface area contributed by atoms with E-state index in [1.807, 2.05) is 0 Å². The summed E-state index contributed by atoms with van der Waals surface area (Å²) >= 11 is 6.06. The van der Waals surface area contributed by atoms with Gasteiger partial charge in [0, 0.05) is 29.7 Å². The molecule has 0 atom stereocenters. The van der Waals surface area contributed by atoms with Crippen molar-refractivity contribution in [2.24, 2.45) is 5.73 Å². The molecule has 0 aliphatic rings. The summed E-state index contributed by atoms with van der Waals surface area (Å²) in [5.74, 6) is -0.187. The van der Waals surface area contributed by atoms with Crippen LogP contribution in [0, 0.1) is 0 Å². The van der Waals surface area contributed by atoms with E-state index < -0.39 is 5.91 Å². The lowest BCUT2D eigenvalue weighted by Gasteiger charge is -2.13. The van der Waals surface area contributed by atoms with Crippen LogP contribution in [0.5, 0.6) is 5.75 Å². The number of hydrogen-bond donors (Lipinski definition) is 2. The van der Waals surface area contributed by atoms with Crippen molar-refractivity contribution >= 4 is 17.5 Å². The largest absolute Gasteiger partial charge is 0.490 e. The van der Waals surface area contributed by atoms with Gasteiger partial charge in [0.2, 0.25) is 5.91 Å². The van der Waals surface area contributed by atoms with Crippen molar-refractivity contribution in [1.29, 1.82) is 0 Å². The molecule has 0 bridgehead atoms. The third kappa shape index (κ3) is 2.87. The number of halogens is 1. The molecule has 20 heavy (non-hydrogen) atoms. The number of primary amides is 1. The molecule has 2 aromatic rings. The summed E-state index contributed by atoms with van der Waals surface area (Å²) in [5, 5.41) is 8.96. The third-order valence-electron chi connectivity index (χ3n) is 2.57. The molecule has 0 aromatic carbocycles. The summed E-state index contributed by atoms with van der Waals surface area (Å²) < 4.78 is 5.40. The fraction of sp³-hybridized carbons (Fsp3) is 0.154. The minimum Gasteiger partial charge on any atom is -0.490 e. The number of nitrogens with zero attached hydrogens (tertiary/aromatic N) is 2. The maximum Gasteiger partial charge on any atom is 0.249 e. The molecule has 0 fully saturated rings. The molecule has 0 saturated carbocycles. The maximum absolute atomic E-state index is 11.5. The number of amides is 1. The van der Waals surface area contributed by atoms with Gasteiger partial charge in [0.25, 0.3) is 0 Å². The number of pyridine rings is 2. The van der Waals surface area contributed by atoms with Crippen LogP contribution in [0.4, 0.5) is 0 Å². The van der Waals surface area contributed by atoms with Crippen molar-refractivity contribution in [2.75, 3.05) is 13.2 Å². The summed E-state index contributed by atoms with van der Waals surface area (Å²) in [6.07, 6.45) is 4.43. The van der Waals surface area contributed by atoms with E-state index in [1.165, 1.54) is 24.7 Å². The van der Waals surface area contributed by atoms with Crippen LogP contribution in [0.25, 0.3) is 11.1 Å². The molecule has 0 spiro atoms. The second-order valence-corrected chi connectivity index (χ2v) is 4.19. The number of aromatic nitrogens is 2. The predicted molar refractivity (Wildman–Crippen MR) is 73.6 cm³/mol. The van der Waals surface area contributed by atoms with E-state index in [1.54, 1.807) is 6.07 Å². The van der Waals surface area contributed by atoms with Crippen molar-refractivity contribution in [3.8, 4) is 16.9 Å². The van der Waals surface area contributed by atoms with Gasteiger partial charge in [-0.05, 0) is 12.1 Å². The Balaban J connectivity index is 2.59. The van der Waals surface area contributed by atoms with E-state index in [0.29, 0.717) is 16.9 Å². The minimum absolute atomic E-state index is 0.112. The van der Waals surface area contributed by atoms with E-state index in [2.05, 4.69) is 9.97 Å². The molecule has 0 aliphatic carbocycles. The molecule has 0 aliphatic heterocycles. The van der Waals surface area contributed by atoms with Gasteiger partial charge < -0.3 is 15.6 Å². The zero-order valence-corrected chi connectivity index (χ0v) is 11.2. The van der Waals surface area contributed by atoms with Gasteiger partial charge in [-0.1, -0.05) is 11.6 Å². The van der Waals surface area contributed by atoms with E-state index in [0.717, 1.165) is 0 Å². The van der Waals surface area contributed by atoms with Crippen molar-refractivity contribution in [3.63, 3.8) is 0 Å². The van der Waals surface area contributed by atoms with Gasteiger partial charge in [0.15, 0.2) is 0 Å². The fourth-order valence-electron chi connectivity index (χ4n) is 1.75. The van der Waals surface area contributed by atoms with Crippen LogP contribution in [0.3, 0.4) is 0 Å². The van der Waals surface area contributed by atoms with Crippen LogP contribution in [0.1, 0.15) is 10.4 Å². The second-order valence-electron chi connectivity index (χ2n) is 3.83. The second kappa shape index (κ2) is 6.31. The molecule has 2 aromatic heterocycles. The summed E-state index contributed by atoms with van der Waals surface area (Å²) in [5.41, 5.74) is 6.43. The number of carbonyl (C=O) groups excluding carboxylic acids is 1. The number of carbonyl (C=O) groups is 1. The van der Waals surface area contributed by atoms with Gasteiger partial charge in [-0.2, -0.15) is 0 Å². The lowest BCUT2D eigenvalue weighted by molar-refractivity contribution is 0.100. The molecule has 2 rings (SSSR count). The normalized spacial score (nSPS) is 10.3. The molecule has 0 radical (unpaired) electrons. The van der Waals surface area contributed by atoms with Gasteiger partial charge in [0.1, 0.15) is 17.5 Å². The summed E-state index contributed by atoms with van der Waals surface area (Å²) in [4.78, 5) is 19.4. The van der Waals surface area contributed by atoms with Crippen LogP contribution in [-0.4, -0.2) is 34.2 Å². The average molecular weight is 294 g/mol. The van der Waals surface area contributed by atoms with Gasteiger partial charge >= 0.3 is 0 Å². The van der Waals surface area contributed by atoms with Gasteiger partial charge in [-0.25, -0.2) is 4.98 Å². The molecule has 104 valence electrons. The highest BCUT2D eigenvalue weighted by Gasteiger charge is 2.18. The predicted octanol–water partition coefficient (Wildman–Crippen LogP) is 1.27. The van der Waals surface area contributed by atoms with Crippen molar-refractivity contribution in [3.05, 3.63) is 41.4 Å². The molecule has 3 N–H and O–H groups in total. The first kappa shape index (κ1) is 14.2. The Morgan fingerprint density at radius 1 is 1.40 bits per heavy atom. The number of aliphatic hydroxyl groups is 1. The first-order valence-electron chi connectivity index (χ1n) is 5.77. The van der Waals surface area contributed by atoms with Crippen LogP contribution >= 0.6 is 11.6 Å². The van der Waals surface area contributed by atoms with Crippen LogP contribution in [0.15, 0.2) is 30.7 Å². The van der Waals surface area contributed by atoms with Crippen molar-refractivity contribution in [1.82, 2.24) is 9.97 Å². The van der Waals surface area contributed by atoms with Gasteiger partial charge in [-0.3, -0.25) is 9.78 Å². The minimum atomic E-state index is -0.624. The highest BCUT2D eigenvalue weighted by atomic mass is 35.5. The molecule has 1 amide bonds. The van der Waals surface area contributed by atoms with E-state index >= 15 is 0 Å². The number of rotatable bonds is 5. The van der Waals surface area contributed by atoms with Crippen molar-refractivity contribution in [2.45, 2.75) is 0 Å². The first-order valence-corrected chi connectivity index (χ1v) is 6.15. The number of nitrogens with two attached hydrogens (primary N) is 1. The van der Waals surface area contributed by atoms with Crippen LogP contribution < -0.4 is 10.5 Å². The quantitative estimate of drug-likeness (QED) is 0.809. The Bertz CT molecular complexity index is 634. The molecular weight excluding hydrogens is 282 g/mol. The Morgan fingerprint density at radius 2 is 2.20 bits per heavy atom. The average Bonchev–Trinajstić information content (AvgIpc) is 2.45. The molecule has 0 unspecified atom stereocenters. The zero-order valence-electron chi connectivity index (χ0n) is 10.4. The summed E-state index contributed by atoms with van der Waals surface area (Å²) in [7, 11) is 0.